The summed E-state index contributed by atoms with van der Waals surface area (Å²) in [6.45, 7) is 10.5. The molecule has 3 N–H and O–H groups in total. The Hall–Kier alpha value is -2.00. The molecular formula is C23H29BFN5O3Y-. The summed E-state index contributed by atoms with van der Waals surface area (Å²) in [6, 6.07) is 4.18. The van der Waals surface area contributed by atoms with Gasteiger partial charge in [0.1, 0.15) is 5.82 Å². The van der Waals surface area contributed by atoms with Crippen LogP contribution in [0, 0.1) is 19.7 Å². The number of amides is 2. The first-order valence-corrected chi connectivity index (χ1v) is 10.7. The Labute approximate surface area is 225 Å². The van der Waals surface area contributed by atoms with E-state index in [9.17, 15) is 14.0 Å². The Kier molecular flexibility index (Phi) is 12.7. The molecule has 0 atom stereocenters. The molecule has 1 aliphatic rings. The molecule has 2 heterocycles. The zero-order chi connectivity index (χ0) is 24.5. The molecule has 2 amide bonds. The number of nitrogens with one attached hydrogen (secondary N) is 2. The Morgan fingerprint density at radius 2 is 1.94 bits per heavy atom. The van der Waals surface area contributed by atoms with Gasteiger partial charge in [-0.1, -0.05) is 13.8 Å². The van der Waals surface area contributed by atoms with Crippen LogP contribution in [0.3, 0.4) is 0 Å². The topological polar surface area (TPSA) is 112 Å². The fraction of sp³-hybridized carbons (Fsp3) is 0.391. The Morgan fingerprint density at radius 3 is 2.53 bits per heavy atom. The molecular weight excluding hydrogens is 513 g/mol. The number of likely N-dealkylation sites (N-methyl/N-ethyl adjacent to an activating group) is 1. The monoisotopic (exact) mass is 542 g/mol. The van der Waals surface area contributed by atoms with Gasteiger partial charge in [-0.3, -0.25) is 4.79 Å². The van der Waals surface area contributed by atoms with Gasteiger partial charge in [-0.25, -0.2) is 4.39 Å². The molecule has 1 aliphatic heterocycles. The smallest absolute Gasteiger partial charge is 0 e. The summed E-state index contributed by atoms with van der Waals surface area (Å²) in [7, 11) is 4.40. The van der Waals surface area contributed by atoms with Gasteiger partial charge in [0.2, 0.25) is 0 Å². The van der Waals surface area contributed by atoms with E-state index in [4.69, 9.17) is 5.11 Å². The number of carbonyl (C=O) groups excluding carboxylic acids is 2. The molecule has 0 saturated carbocycles. The van der Waals surface area contributed by atoms with Crippen LogP contribution >= 0.6 is 0 Å². The number of aryl methyl sites for hydroxylation is 1. The Balaban J connectivity index is 0.00000107. The largest absolute Gasteiger partial charge is 0 e. The number of aliphatic hydroxyl groups excluding tert-OH is 1. The number of carbonyl (C=O) groups is 2. The first-order chi connectivity index (χ1) is 15.8. The van der Waals surface area contributed by atoms with Gasteiger partial charge in [-0.05, 0) is 63.3 Å². The average Bonchev–Trinajstić information content (AvgIpc) is 3.26. The normalized spacial score (nSPS) is 13.0. The van der Waals surface area contributed by atoms with Gasteiger partial charge in [0, 0.05) is 60.9 Å². The molecule has 0 aliphatic carbocycles. The molecule has 8 nitrogen and oxygen atoms in total. The van der Waals surface area contributed by atoms with E-state index in [1.165, 1.54) is 12.1 Å². The van der Waals surface area contributed by atoms with E-state index in [2.05, 4.69) is 46.9 Å². The average molecular weight is 542 g/mol. The minimum absolute atomic E-state index is 0. The van der Waals surface area contributed by atoms with Crippen molar-refractivity contribution in [1.82, 2.24) is 9.88 Å². The van der Waals surface area contributed by atoms with Crippen molar-refractivity contribution in [1.29, 1.82) is 0 Å². The standard InChI is InChI=1S/C22H27FN4O2.CH3BNO.Y/c1-5-27(6-2)10-9-24-22(29)20-13(3)19(25-14(20)4)12-17-16-11-15(23)7-8-18(16)26-21(17)28;2-3-1-4;/h7-8,11-12H,5-6,9-10H2,1-4H3,(H3,24,25,26,28,29);4H,1H2;/p-1. The van der Waals surface area contributed by atoms with Gasteiger partial charge in [0.25, 0.3) is 5.91 Å². The fourth-order valence-electron chi connectivity index (χ4n) is 3.60. The van der Waals surface area contributed by atoms with E-state index in [0.29, 0.717) is 40.3 Å². The zero-order valence-corrected chi connectivity index (χ0v) is 22.8. The second-order valence-electron chi connectivity index (χ2n) is 7.40. The van der Waals surface area contributed by atoms with Crippen LogP contribution in [0.25, 0.3) is 17.0 Å². The summed E-state index contributed by atoms with van der Waals surface area (Å²) in [4.78, 5) is 33.2. The minimum Gasteiger partial charge on any atom is 0 e. The molecule has 1 aromatic carbocycles. The fourth-order valence-corrected chi connectivity index (χ4v) is 3.60. The zero-order valence-electron chi connectivity index (χ0n) is 20.0. The molecule has 34 heavy (non-hydrogen) atoms. The number of anilines is 1. The molecule has 0 spiro atoms. The van der Waals surface area contributed by atoms with Crippen molar-refractivity contribution in [2.24, 2.45) is 4.90 Å². The summed E-state index contributed by atoms with van der Waals surface area (Å²) in [5.74, 6) is -0.974. The molecule has 0 bridgehead atoms. The van der Waals surface area contributed by atoms with E-state index < -0.39 is 5.82 Å². The van der Waals surface area contributed by atoms with E-state index in [0.717, 1.165) is 25.2 Å². The van der Waals surface area contributed by atoms with Crippen molar-refractivity contribution >= 4 is 36.8 Å². The Morgan fingerprint density at radius 1 is 1.29 bits per heavy atom. The molecule has 2 radical (unpaired) electrons. The molecule has 2 aromatic rings. The SMILES string of the molecule is CCN(CC)CC[N-]C(=O)c1c(C)[nH]c(/C=C2\C(=O)Nc3ccc(F)cc32)c1C.[B]=NCO.[Y]. The summed E-state index contributed by atoms with van der Waals surface area (Å²) in [5, 5.41) is 14.5. The van der Waals surface area contributed by atoms with Gasteiger partial charge >= 0.3 is 24.4 Å². The predicted octanol–water partition coefficient (Wildman–Crippen LogP) is 3.40. The van der Waals surface area contributed by atoms with Crippen molar-refractivity contribution in [3.63, 3.8) is 0 Å². The van der Waals surface area contributed by atoms with Gasteiger partial charge < -0.3 is 25.3 Å². The molecule has 0 fully saturated rings. The van der Waals surface area contributed by atoms with Crippen LogP contribution in [-0.2, 0) is 37.5 Å². The number of hydrogen-bond acceptors (Lipinski definition) is 5. The number of hydrogen-bond donors (Lipinski definition) is 3. The van der Waals surface area contributed by atoms with Gasteiger partial charge in [-0.15, -0.1) is 6.54 Å². The minimum atomic E-state index is -0.409. The number of aromatic amines is 1. The molecule has 3 rings (SSSR count). The van der Waals surface area contributed by atoms with Crippen LogP contribution in [0.2, 0.25) is 0 Å². The van der Waals surface area contributed by atoms with E-state index in [1.807, 2.05) is 13.8 Å². The molecule has 0 saturated heterocycles. The third kappa shape index (κ3) is 7.50. The van der Waals surface area contributed by atoms with Crippen LogP contribution in [0.5, 0.6) is 0 Å². The van der Waals surface area contributed by atoms with Crippen molar-refractivity contribution in [2.75, 3.05) is 38.2 Å². The molecule has 0 unspecified atom stereocenters. The number of aliphatic hydroxyl groups is 1. The van der Waals surface area contributed by atoms with Crippen LogP contribution in [0.15, 0.2) is 23.1 Å². The summed E-state index contributed by atoms with van der Waals surface area (Å²) >= 11 is 0. The van der Waals surface area contributed by atoms with Gasteiger partial charge in [-0.2, -0.15) is 0 Å². The van der Waals surface area contributed by atoms with Crippen molar-refractivity contribution < 1.29 is 51.8 Å². The molecule has 1 aromatic heterocycles. The maximum Gasteiger partial charge on any atom is 0 e. The predicted molar refractivity (Wildman–Crippen MR) is 129 cm³/mol. The second-order valence-corrected chi connectivity index (χ2v) is 7.40. The van der Waals surface area contributed by atoms with Crippen molar-refractivity contribution in [3.05, 3.63) is 57.4 Å². The van der Waals surface area contributed by atoms with Crippen molar-refractivity contribution in [2.45, 2.75) is 27.7 Å². The van der Waals surface area contributed by atoms with Crippen LogP contribution in [-0.4, -0.2) is 67.4 Å². The Bertz CT molecular complexity index is 1050. The maximum atomic E-state index is 13.6. The third-order valence-corrected chi connectivity index (χ3v) is 5.39. The number of halogens is 1. The first-order valence-electron chi connectivity index (χ1n) is 10.7. The number of benzene rings is 1. The summed E-state index contributed by atoms with van der Waals surface area (Å²) in [5.41, 5.74) is 4.04. The number of aromatic nitrogens is 1. The van der Waals surface area contributed by atoms with E-state index in [1.54, 1.807) is 12.1 Å². The van der Waals surface area contributed by atoms with Crippen LogP contribution in [0.1, 0.15) is 46.7 Å². The summed E-state index contributed by atoms with van der Waals surface area (Å²) in [6.07, 6.45) is 1.66. The quantitative estimate of drug-likeness (QED) is 0.351. The third-order valence-electron chi connectivity index (χ3n) is 5.39. The first kappa shape index (κ1) is 30.0. The number of nitrogens with zero attached hydrogens (tertiary/aromatic N) is 3. The number of fused-ring (bicyclic) bond motifs is 1. The van der Waals surface area contributed by atoms with Crippen LogP contribution < -0.4 is 5.32 Å². The maximum absolute atomic E-state index is 13.6. The van der Waals surface area contributed by atoms with E-state index >= 15 is 0 Å². The van der Waals surface area contributed by atoms with Crippen molar-refractivity contribution in [3.8, 4) is 0 Å². The van der Waals surface area contributed by atoms with Gasteiger partial charge in [0.05, 0.1) is 11.5 Å². The number of H-pyrrole nitrogens is 1. The second kappa shape index (κ2) is 14.4. The summed E-state index contributed by atoms with van der Waals surface area (Å²) < 4.78 is 13.6. The number of rotatable bonds is 8. The molecule has 178 valence electrons. The van der Waals surface area contributed by atoms with Crippen LogP contribution in [0.4, 0.5) is 10.1 Å². The molecule has 11 heteroatoms. The van der Waals surface area contributed by atoms with E-state index in [-0.39, 0.29) is 51.3 Å². The van der Waals surface area contributed by atoms with Gasteiger partial charge in [0.15, 0.2) is 0 Å².